The smallest absolute Gasteiger partial charge is 0.227 e. The minimum Gasteiger partial charge on any atom is -0.346 e. The summed E-state index contributed by atoms with van der Waals surface area (Å²) in [5.74, 6) is -2.31. The van der Waals surface area contributed by atoms with Gasteiger partial charge in [-0.25, -0.2) is 0 Å². The van der Waals surface area contributed by atoms with Crippen LogP contribution in [-0.2, 0) is 28.8 Å². The summed E-state index contributed by atoms with van der Waals surface area (Å²) in [4.78, 5) is 89.2. The molecule has 9 nitrogen and oxygen atoms in total. The van der Waals surface area contributed by atoms with Crippen LogP contribution in [0.4, 0.5) is 0 Å². The van der Waals surface area contributed by atoms with Crippen LogP contribution in [0.3, 0.4) is 0 Å². The van der Waals surface area contributed by atoms with Gasteiger partial charge in [0.05, 0.1) is 18.0 Å². The van der Waals surface area contributed by atoms with Crippen LogP contribution >= 0.6 is 0 Å². The molecule has 2 saturated heterocycles. The Kier molecular flexibility index (Phi) is 12.9. The molecule has 6 rings (SSSR count). The lowest BCUT2D eigenvalue weighted by Crippen LogP contribution is -2.53. The third kappa shape index (κ3) is 8.24. The molecule has 9 heteroatoms. The lowest BCUT2D eigenvalue weighted by molar-refractivity contribution is -0.147. The molecular weight excluding hydrogens is 703 g/mol. The number of likely N-dealkylation sites (tertiary alicyclic amines) is 2. The van der Waals surface area contributed by atoms with E-state index in [1.54, 1.807) is 0 Å². The highest BCUT2D eigenvalue weighted by atomic mass is 16.2. The Labute approximate surface area is 338 Å². The van der Waals surface area contributed by atoms with Gasteiger partial charge in [-0.2, -0.15) is 0 Å². The summed E-state index contributed by atoms with van der Waals surface area (Å²) in [7, 11) is 0. The number of carbonyl (C=O) groups is 6. The molecule has 0 aromatic heterocycles. The van der Waals surface area contributed by atoms with Gasteiger partial charge in [0.2, 0.25) is 17.6 Å². The Morgan fingerprint density at radius 1 is 0.839 bits per heavy atom. The second-order valence-electron chi connectivity index (χ2n) is 21.3. The summed E-state index contributed by atoms with van der Waals surface area (Å²) in [6, 6.07) is -0.961. The van der Waals surface area contributed by atoms with E-state index in [0.29, 0.717) is 44.3 Å². The first-order valence-corrected chi connectivity index (χ1v) is 22.8. The van der Waals surface area contributed by atoms with Crippen molar-refractivity contribution in [1.29, 1.82) is 0 Å². The second-order valence-corrected chi connectivity index (χ2v) is 21.3. The number of nitrogens with zero attached hydrogens (tertiary/aromatic N) is 2. The largest absolute Gasteiger partial charge is 0.346 e. The zero-order valence-corrected chi connectivity index (χ0v) is 36.3. The monoisotopic (exact) mass is 778 g/mol. The average molecular weight is 778 g/mol. The fourth-order valence-corrected chi connectivity index (χ4v) is 12.3. The van der Waals surface area contributed by atoms with E-state index in [9.17, 15) is 24.0 Å². The molecule has 2 amide bonds. The van der Waals surface area contributed by atoms with Gasteiger partial charge in [0.15, 0.2) is 17.3 Å². The van der Waals surface area contributed by atoms with Crippen molar-refractivity contribution in [2.24, 2.45) is 51.2 Å². The van der Waals surface area contributed by atoms with Crippen molar-refractivity contribution in [3.63, 3.8) is 0 Å². The van der Waals surface area contributed by atoms with Gasteiger partial charge in [-0.1, -0.05) is 73.6 Å². The molecule has 1 N–H and O–H groups in total. The third-order valence-electron chi connectivity index (χ3n) is 16.4. The quantitative estimate of drug-likeness (QED) is 0.149. The molecule has 2 heterocycles. The predicted molar refractivity (Wildman–Crippen MR) is 219 cm³/mol. The SMILES string of the molecule is CCCC(CC(=O)[C@@H]1C[C@@]2(CN1C(=O)[C@@H](CC(=O)[C@@H](NC(=O)[C@@H]1CCCN(C(C)C)C1)C1CCCCC1)C(C)(C)C)C(C)(C)C21CCC1)C(=O)C(=O)CC1CC1. The number of rotatable bonds is 17. The van der Waals surface area contributed by atoms with Crippen molar-refractivity contribution in [3.05, 3.63) is 0 Å². The van der Waals surface area contributed by atoms with Crippen LogP contribution < -0.4 is 5.32 Å². The minimum atomic E-state index is -0.684. The molecule has 56 heavy (non-hydrogen) atoms. The number of carbonyl (C=O) groups excluding carboxylic acids is 6. The van der Waals surface area contributed by atoms with E-state index >= 15 is 4.79 Å². The molecule has 2 aliphatic heterocycles. The Balaban J connectivity index is 1.24. The van der Waals surface area contributed by atoms with Crippen molar-refractivity contribution < 1.29 is 28.8 Å². The van der Waals surface area contributed by atoms with Crippen molar-refractivity contribution in [2.45, 2.75) is 189 Å². The van der Waals surface area contributed by atoms with Crippen LogP contribution in [0.15, 0.2) is 0 Å². The van der Waals surface area contributed by atoms with Gasteiger partial charge in [0, 0.05) is 55.6 Å². The Hall–Kier alpha value is -2.42. The van der Waals surface area contributed by atoms with Crippen molar-refractivity contribution in [1.82, 2.24) is 15.1 Å². The predicted octanol–water partition coefficient (Wildman–Crippen LogP) is 7.90. The first-order chi connectivity index (χ1) is 26.4. The Morgan fingerprint density at radius 3 is 2.07 bits per heavy atom. The van der Waals surface area contributed by atoms with Crippen molar-refractivity contribution >= 4 is 34.9 Å². The Bertz CT molecular complexity index is 1510. The highest BCUT2D eigenvalue weighted by Gasteiger charge is 2.85. The molecule has 2 spiro atoms. The molecule has 314 valence electrons. The molecule has 6 aliphatic rings. The first kappa shape index (κ1) is 43.2. The summed E-state index contributed by atoms with van der Waals surface area (Å²) in [6.07, 6.45) is 14.0. The lowest BCUT2D eigenvalue weighted by Gasteiger charge is -2.38. The normalized spacial score (nSPS) is 29.1. The lowest BCUT2D eigenvalue weighted by atomic mass is 9.73. The number of nitrogens with one attached hydrogen (secondary N) is 1. The highest BCUT2D eigenvalue weighted by molar-refractivity contribution is 6.38. The fraction of sp³-hybridized carbons (Fsp3) is 0.872. The number of amides is 2. The van der Waals surface area contributed by atoms with Gasteiger partial charge in [0.25, 0.3) is 0 Å². The molecule has 1 unspecified atom stereocenters. The number of Topliss-reactive ketones (excluding diaryl/α,β-unsaturated/α-hetero) is 4. The maximum Gasteiger partial charge on any atom is 0.227 e. The van der Waals surface area contributed by atoms with E-state index in [0.717, 1.165) is 83.6 Å². The summed E-state index contributed by atoms with van der Waals surface area (Å²) in [5, 5.41) is 3.28. The van der Waals surface area contributed by atoms with Crippen LogP contribution in [0, 0.1) is 51.2 Å². The average Bonchev–Trinajstić information content (AvgIpc) is 3.96. The van der Waals surface area contributed by atoms with Gasteiger partial charge in [-0.05, 0) is 113 Å². The summed E-state index contributed by atoms with van der Waals surface area (Å²) >= 11 is 0. The van der Waals surface area contributed by atoms with Crippen LogP contribution in [0.1, 0.15) is 171 Å². The topological polar surface area (TPSA) is 121 Å². The summed E-state index contributed by atoms with van der Waals surface area (Å²) < 4.78 is 0. The maximum absolute atomic E-state index is 15.2. The van der Waals surface area contributed by atoms with E-state index in [1.165, 1.54) is 0 Å². The van der Waals surface area contributed by atoms with Crippen LogP contribution in [0.25, 0.3) is 0 Å². The number of piperidine rings is 1. The number of ketones is 4. The van der Waals surface area contributed by atoms with E-state index in [1.807, 2.05) is 32.6 Å². The van der Waals surface area contributed by atoms with E-state index in [2.05, 4.69) is 37.9 Å². The fourth-order valence-electron chi connectivity index (χ4n) is 12.3. The molecule has 0 aromatic rings. The maximum atomic E-state index is 15.2. The van der Waals surface area contributed by atoms with Crippen molar-refractivity contribution in [2.75, 3.05) is 19.6 Å². The molecular formula is C47H75N3O6. The van der Waals surface area contributed by atoms with E-state index in [-0.39, 0.29) is 76.5 Å². The standard InChI is InChI=1S/C47H75N3O6/c1-9-15-33(41(54)39(53)24-31-19-20-31)25-37(51)36-27-47(45(7,8)46(47)21-14-22-46)29-50(36)43(56)35(44(4,5)6)26-38(52)40(32-16-11-10-12-17-32)48-42(55)34-18-13-23-49(28-34)30(2)3/h30-36,40H,9-29H2,1-8H3,(H,48,55)/t33?,34-,35-,36+,40+,47-/m1/s1. The van der Waals surface area contributed by atoms with E-state index in [4.69, 9.17) is 0 Å². The molecule has 0 bridgehead atoms. The van der Waals surface area contributed by atoms with E-state index < -0.39 is 35.1 Å². The summed E-state index contributed by atoms with van der Waals surface area (Å²) in [6.45, 7) is 19.1. The number of hydrogen-bond donors (Lipinski definition) is 1. The van der Waals surface area contributed by atoms with Gasteiger partial charge < -0.3 is 15.1 Å². The second kappa shape index (κ2) is 16.7. The van der Waals surface area contributed by atoms with Gasteiger partial charge in [0.1, 0.15) is 0 Å². The minimum absolute atomic E-state index is 0.0120. The third-order valence-corrected chi connectivity index (χ3v) is 16.4. The van der Waals surface area contributed by atoms with Gasteiger partial charge in [-0.15, -0.1) is 0 Å². The highest BCUT2D eigenvalue weighted by Crippen LogP contribution is 2.88. The molecule has 4 aliphatic carbocycles. The van der Waals surface area contributed by atoms with Crippen molar-refractivity contribution in [3.8, 4) is 0 Å². The molecule has 0 aromatic carbocycles. The molecule has 0 radical (unpaired) electrons. The van der Waals surface area contributed by atoms with Crippen LogP contribution in [0.2, 0.25) is 0 Å². The summed E-state index contributed by atoms with van der Waals surface area (Å²) in [5.41, 5.74) is -0.699. The molecule has 6 fully saturated rings. The Morgan fingerprint density at radius 2 is 1.52 bits per heavy atom. The number of fused-ring (bicyclic) bond motifs is 1. The zero-order chi connectivity index (χ0) is 40.8. The zero-order valence-electron chi connectivity index (χ0n) is 36.3. The van der Waals surface area contributed by atoms with Gasteiger partial charge >= 0.3 is 0 Å². The van der Waals surface area contributed by atoms with Crippen LogP contribution in [0.5, 0.6) is 0 Å². The van der Waals surface area contributed by atoms with Gasteiger partial charge in [-0.3, -0.25) is 28.8 Å². The molecule has 4 saturated carbocycles. The number of hydrogen-bond acceptors (Lipinski definition) is 7. The molecule has 6 atom stereocenters. The van der Waals surface area contributed by atoms with Crippen LogP contribution in [-0.4, -0.2) is 82.5 Å². The first-order valence-electron chi connectivity index (χ1n) is 22.8.